The molecule has 1 atom stereocenters. The molecule has 0 bridgehead atoms. The number of rotatable bonds is 5. The van der Waals surface area contributed by atoms with Crippen molar-refractivity contribution in [3.05, 3.63) is 71.3 Å². The zero-order valence-corrected chi connectivity index (χ0v) is 14.9. The Morgan fingerprint density at radius 3 is 2.96 bits per heavy atom. The summed E-state index contributed by atoms with van der Waals surface area (Å²) < 4.78 is 13.5. The van der Waals surface area contributed by atoms with Crippen molar-refractivity contribution in [2.75, 3.05) is 6.54 Å². The average Bonchev–Trinajstić information content (AvgIpc) is 2.67. The molecule has 1 aliphatic heterocycles. The molecule has 2 N–H and O–H groups in total. The molecule has 0 unspecified atom stereocenters. The minimum Gasteiger partial charge on any atom is -0.330 e. The topological polar surface area (TPSA) is 81.4 Å². The standard InChI is InChI=1S/C20H20FN5O/c1-13-17-6-4-3-5-14(17)7-8-26(13)20(27)18(22)10-19(25-23-2)15-9-16(21)12-24-11-15/h3-6,9-13,22,25H,2,7-8H2,1H3/b19-10-,22-18?/t13-/m1/s1. The van der Waals surface area contributed by atoms with E-state index in [-0.39, 0.29) is 17.5 Å². The maximum atomic E-state index is 13.5. The molecule has 1 aromatic heterocycles. The van der Waals surface area contributed by atoms with Crippen molar-refractivity contribution in [3.63, 3.8) is 0 Å². The van der Waals surface area contributed by atoms with E-state index in [2.05, 4.69) is 28.3 Å². The summed E-state index contributed by atoms with van der Waals surface area (Å²) >= 11 is 0. The molecule has 0 radical (unpaired) electrons. The Morgan fingerprint density at radius 1 is 1.44 bits per heavy atom. The highest BCUT2D eigenvalue weighted by Crippen LogP contribution is 2.29. The molecule has 6 nitrogen and oxygen atoms in total. The summed E-state index contributed by atoms with van der Waals surface area (Å²) in [5.74, 6) is -0.923. The largest absolute Gasteiger partial charge is 0.330 e. The van der Waals surface area contributed by atoms with E-state index in [1.165, 1.54) is 23.9 Å². The van der Waals surface area contributed by atoms with Crippen molar-refractivity contribution < 1.29 is 9.18 Å². The van der Waals surface area contributed by atoms with Gasteiger partial charge in [-0.05, 0) is 36.6 Å². The lowest BCUT2D eigenvalue weighted by Gasteiger charge is -2.35. The molecular weight excluding hydrogens is 345 g/mol. The summed E-state index contributed by atoms with van der Waals surface area (Å²) in [6, 6.07) is 9.12. The van der Waals surface area contributed by atoms with Crippen LogP contribution in [0, 0.1) is 11.2 Å². The first kappa shape index (κ1) is 18.4. The number of hydrazone groups is 1. The van der Waals surface area contributed by atoms with Gasteiger partial charge < -0.3 is 4.90 Å². The molecule has 1 aliphatic rings. The van der Waals surface area contributed by atoms with Crippen LogP contribution in [0.3, 0.4) is 0 Å². The lowest BCUT2D eigenvalue weighted by atomic mass is 9.93. The zero-order chi connectivity index (χ0) is 19.4. The molecule has 7 heteroatoms. The average molecular weight is 365 g/mol. The number of carbonyl (C=O) groups is 1. The van der Waals surface area contributed by atoms with Crippen LogP contribution in [0.5, 0.6) is 0 Å². The summed E-state index contributed by atoms with van der Waals surface area (Å²) in [4.78, 5) is 18.3. The molecule has 0 saturated heterocycles. The van der Waals surface area contributed by atoms with Gasteiger partial charge in [-0.25, -0.2) is 4.39 Å². The Labute approximate surface area is 156 Å². The van der Waals surface area contributed by atoms with Crippen LogP contribution in [-0.4, -0.2) is 34.8 Å². The Kier molecular flexibility index (Phi) is 5.40. The molecule has 2 heterocycles. The van der Waals surface area contributed by atoms with Gasteiger partial charge >= 0.3 is 0 Å². The van der Waals surface area contributed by atoms with E-state index in [0.29, 0.717) is 12.1 Å². The van der Waals surface area contributed by atoms with Crippen molar-refractivity contribution in [3.8, 4) is 0 Å². The molecule has 1 aromatic carbocycles. The van der Waals surface area contributed by atoms with Gasteiger partial charge in [0.2, 0.25) is 0 Å². The number of carbonyl (C=O) groups excluding carboxylic acids is 1. The maximum absolute atomic E-state index is 13.5. The van der Waals surface area contributed by atoms with Gasteiger partial charge in [-0.3, -0.25) is 20.6 Å². The minimum atomic E-state index is -0.525. The van der Waals surface area contributed by atoms with Crippen LogP contribution in [0.15, 0.2) is 53.9 Å². The molecule has 0 fully saturated rings. The van der Waals surface area contributed by atoms with Crippen LogP contribution < -0.4 is 5.43 Å². The number of aromatic nitrogens is 1. The predicted molar refractivity (Wildman–Crippen MR) is 103 cm³/mol. The third-order valence-corrected chi connectivity index (χ3v) is 4.59. The lowest BCUT2D eigenvalue weighted by molar-refractivity contribution is -0.126. The monoisotopic (exact) mass is 365 g/mol. The molecular formula is C20H20FN5O. The molecule has 138 valence electrons. The van der Waals surface area contributed by atoms with Crippen LogP contribution in [0.2, 0.25) is 0 Å². The fourth-order valence-corrected chi connectivity index (χ4v) is 3.23. The highest BCUT2D eigenvalue weighted by molar-refractivity contribution is 6.43. The van der Waals surface area contributed by atoms with Gasteiger partial charge in [0.1, 0.15) is 11.5 Å². The van der Waals surface area contributed by atoms with Crippen molar-refractivity contribution in [1.29, 1.82) is 5.41 Å². The highest BCUT2D eigenvalue weighted by Gasteiger charge is 2.28. The fraction of sp³-hybridized carbons (Fsp3) is 0.200. The quantitative estimate of drug-likeness (QED) is 0.631. The molecule has 0 spiro atoms. The number of hydrogen-bond acceptors (Lipinski definition) is 5. The molecule has 27 heavy (non-hydrogen) atoms. The Morgan fingerprint density at radius 2 is 2.22 bits per heavy atom. The third kappa shape index (κ3) is 3.92. The highest BCUT2D eigenvalue weighted by atomic mass is 19.1. The Bertz CT molecular complexity index is 924. The number of nitrogens with one attached hydrogen (secondary N) is 2. The maximum Gasteiger partial charge on any atom is 0.272 e. The van der Waals surface area contributed by atoms with E-state index < -0.39 is 11.7 Å². The number of halogens is 1. The first-order chi connectivity index (χ1) is 13.0. The van der Waals surface area contributed by atoms with Crippen LogP contribution >= 0.6 is 0 Å². The number of fused-ring (bicyclic) bond motifs is 1. The van der Waals surface area contributed by atoms with E-state index in [1.807, 2.05) is 25.1 Å². The van der Waals surface area contributed by atoms with E-state index in [1.54, 1.807) is 4.90 Å². The molecule has 2 aromatic rings. The van der Waals surface area contributed by atoms with Crippen LogP contribution in [-0.2, 0) is 11.2 Å². The Balaban J connectivity index is 1.85. The number of hydrogen-bond donors (Lipinski definition) is 2. The number of pyridine rings is 1. The van der Waals surface area contributed by atoms with Crippen molar-refractivity contribution in [2.24, 2.45) is 5.10 Å². The number of amides is 1. The van der Waals surface area contributed by atoms with Gasteiger partial charge in [0.15, 0.2) is 0 Å². The minimum absolute atomic E-state index is 0.124. The smallest absolute Gasteiger partial charge is 0.272 e. The first-order valence-electron chi connectivity index (χ1n) is 8.53. The van der Waals surface area contributed by atoms with Gasteiger partial charge in [-0.1, -0.05) is 24.3 Å². The zero-order valence-electron chi connectivity index (χ0n) is 14.9. The third-order valence-electron chi connectivity index (χ3n) is 4.59. The molecule has 0 aliphatic carbocycles. The SMILES string of the molecule is C=NN/C(=C\C(=N)C(=O)N1CCc2ccccc2[C@H]1C)c1cncc(F)c1. The van der Waals surface area contributed by atoms with E-state index >= 15 is 0 Å². The second-order valence-electron chi connectivity index (χ2n) is 6.26. The van der Waals surface area contributed by atoms with E-state index in [4.69, 9.17) is 5.41 Å². The second kappa shape index (κ2) is 7.90. The second-order valence-corrected chi connectivity index (χ2v) is 6.26. The van der Waals surface area contributed by atoms with Crippen molar-refractivity contribution in [1.82, 2.24) is 15.3 Å². The number of benzene rings is 1. The molecule has 1 amide bonds. The van der Waals surface area contributed by atoms with Crippen LogP contribution in [0.25, 0.3) is 5.70 Å². The van der Waals surface area contributed by atoms with Crippen molar-refractivity contribution >= 4 is 24.0 Å². The predicted octanol–water partition coefficient (Wildman–Crippen LogP) is 2.93. The summed E-state index contributed by atoms with van der Waals surface area (Å²) in [7, 11) is 0. The lowest BCUT2D eigenvalue weighted by Crippen LogP contribution is -2.42. The summed E-state index contributed by atoms with van der Waals surface area (Å²) in [5.41, 5.74) is 5.34. The van der Waals surface area contributed by atoms with Gasteiger partial charge in [0.05, 0.1) is 17.9 Å². The van der Waals surface area contributed by atoms with Gasteiger partial charge in [-0.2, -0.15) is 5.10 Å². The molecule has 0 saturated carbocycles. The fourth-order valence-electron chi connectivity index (χ4n) is 3.23. The van der Waals surface area contributed by atoms with E-state index in [0.717, 1.165) is 18.2 Å². The van der Waals surface area contributed by atoms with Crippen LogP contribution in [0.4, 0.5) is 4.39 Å². The van der Waals surface area contributed by atoms with Crippen LogP contribution in [0.1, 0.15) is 29.7 Å². The normalized spacial score (nSPS) is 16.4. The first-order valence-corrected chi connectivity index (χ1v) is 8.53. The number of nitrogens with zero attached hydrogens (tertiary/aromatic N) is 3. The summed E-state index contributed by atoms with van der Waals surface area (Å²) in [5, 5.41) is 11.8. The van der Waals surface area contributed by atoms with Gasteiger partial charge in [0.25, 0.3) is 5.91 Å². The summed E-state index contributed by atoms with van der Waals surface area (Å²) in [6.45, 7) is 5.84. The van der Waals surface area contributed by atoms with E-state index in [9.17, 15) is 9.18 Å². The molecule has 3 rings (SSSR count). The van der Waals surface area contributed by atoms with Gasteiger partial charge in [-0.15, -0.1) is 0 Å². The van der Waals surface area contributed by atoms with Gasteiger partial charge in [0, 0.05) is 25.0 Å². The Hall–Kier alpha value is -3.35. The van der Waals surface area contributed by atoms with Crippen molar-refractivity contribution in [2.45, 2.75) is 19.4 Å². The summed E-state index contributed by atoms with van der Waals surface area (Å²) in [6.07, 6.45) is 4.56.